The highest BCUT2D eigenvalue weighted by Crippen LogP contribution is 2.22. The number of aromatic nitrogens is 1. The Morgan fingerprint density at radius 1 is 1.36 bits per heavy atom. The van der Waals surface area contributed by atoms with Crippen LogP contribution in [-0.2, 0) is 16.0 Å². The standard InChI is InChI=1S/C13H22N4O3S2/c1-17(2)6-7-21-13-16-10(9-22-13)8-11(18)14-4-5-15-12(19)20-3/h9H,4-8H2,1-3H3,(H,14,18)(H,15,19). The van der Waals surface area contributed by atoms with E-state index < -0.39 is 6.09 Å². The van der Waals surface area contributed by atoms with Crippen LogP contribution in [0.2, 0.25) is 0 Å². The monoisotopic (exact) mass is 346 g/mol. The molecule has 7 nitrogen and oxygen atoms in total. The Kier molecular flexibility index (Phi) is 8.86. The Bertz CT molecular complexity index is 480. The van der Waals surface area contributed by atoms with Crippen LogP contribution in [0.1, 0.15) is 5.69 Å². The van der Waals surface area contributed by atoms with Gasteiger partial charge in [0.05, 0.1) is 19.2 Å². The number of nitrogens with one attached hydrogen (secondary N) is 2. The summed E-state index contributed by atoms with van der Waals surface area (Å²) >= 11 is 3.25. The molecule has 22 heavy (non-hydrogen) atoms. The molecule has 1 aromatic heterocycles. The minimum absolute atomic E-state index is 0.109. The van der Waals surface area contributed by atoms with Crippen molar-refractivity contribution in [3.8, 4) is 0 Å². The molecule has 0 aliphatic carbocycles. The molecule has 0 aliphatic heterocycles. The topological polar surface area (TPSA) is 83.6 Å². The van der Waals surface area contributed by atoms with Gasteiger partial charge in [0.15, 0.2) is 0 Å². The van der Waals surface area contributed by atoms with Gasteiger partial charge in [0.25, 0.3) is 0 Å². The fraction of sp³-hybridized carbons (Fsp3) is 0.615. The summed E-state index contributed by atoms with van der Waals surface area (Å²) in [5.41, 5.74) is 0.774. The van der Waals surface area contributed by atoms with Crippen LogP contribution in [0.25, 0.3) is 0 Å². The largest absolute Gasteiger partial charge is 0.453 e. The first kappa shape index (κ1) is 18.7. The van der Waals surface area contributed by atoms with Gasteiger partial charge >= 0.3 is 6.09 Å². The first-order valence-corrected chi connectivity index (χ1v) is 8.68. The highest BCUT2D eigenvalue weighted by atomic mass is 32.2. The summed E-state index contributed by atoms with van der Waals surface area (Å²) in [5, 5.41) is 7.12. The maximum absolute atomic E-state index is 11.7. The van der Waals surface area contributed by atoms with Crippen molar-refractivity contribution in [1.29, 1.82) is 0 Å². The molecule has 1 heterocycles. The van der Waals surface area contributed by atoms with Gasteiger partial charge in [-0.25, -0.2) is 9.78 Å². The number of methoxy groups -OCH3 is 1. The number of thioether (sulfide) groups is 1. The van der Waals surface area contributed by atoms with Crippen molar-refractivity contribution in [3.63, 3.8) is 0 Å². The van der Waals surface area contributed by atoms with Crippen molar-refractivity contribution in [3.05, 3.63) is 11.1 Å². The number of thiazole rings is 1. The number of hydrogen-bond acceptors (Lipinski definition) is 7. The number of carbonyl (C=O) groups excluding carboxylic acids is 2. The summed E-state index contributed by atoms with van der Waals surface area (Å²) in [6, 6.07) is 0. The number of rotatable bonds is 9. The van der Waals surface area contributed by atoms with Crippen LogP contribution < -0.4 is 10.6 Å². The molecule has 0 aromatic carbocycles. The zero-order chi connectivity index (χ0) is 16.4. The van der Waals surface area contributed by atoms with Crippen molar-refractivity contribution < 1.29 is 14.3 Å². The Hall–Kier alpha value is -1.32. The molecule has 0 saturated carbocycles. The van der Waals surface area contributed by atoms with E-state index in [1.54, 1.807) is 23.1 Å². The molecule has 0 bridgehead atoms. The van der Waals surface area contributed by atoms with Crippen LogP contribution in [-0.4, -0.2) is 68.5 Å². The maximum Gasteiger partial charge on any atom is 0.406 e. The van der Waals surface area contributed by atoms with Crippen molar-refractivity contribution >= 4 is 35.1 Å². The van der Waals surface area contributed by atoms with Gasteiger partial charge in [-0.05, 0) is 14.1 Å². The molecule has 0 unspecified atom stereocenters. The van der Waals surface area contributed by atoms with E-state index in [1.165, 1.54) is 7.11 Å². The van der Waals surface area contributed by atoms with Gasteiger partial charge in [-0.3, -0.25) is 4.79 Å². The lowest BCUT2D eigenvalue weighted by atomic mass is 10.3. The molecule has 0 fully saturated rings. The molecule has 0 radical (unpaired) electrons. The molecule has 2 N–H and O–H groups in total. The van der Waals surface area contributed by atoms with Crippen LogP contribution in [0.3, 0.4) is 0 Å². The molecule has 0 aliphatic rings. The molecular weight excluding hydrogens is 324 g/mol. The lowest BCUT2D eigenvalue weighted by Crippen LogP contribution is -2.35. The fourth-order valence-corrected chi connectivity index (χ4v) is 3.44. The highest BCUT2D eigenvalue weighted by molar-refractivity contribution is 8.01. The second kappa shape index (κ2) is 10.4. The lowest BCUT2D eigenvalue weighted by Gasteiger charge is -2.06. The number of carbonyl (C=O) groups is 2. The zero-order valence-electron chi connectivity index (χ0n) is 13.0. The molecule has 1 rings (SSSR count). The van der Waals surface area contributed by atoms with E-state index in [9.17, 15) is 9.59 Å². The van der Waals surface area contributed by atoms with Crippen LogP contribution in [0.15, 0.2) is 9.72 Å². The predicted molar refractivity (Wildman–Crippen MR) is 88.5 cm³/mol. The molecule has 0 saturated heterocycles. The van der Waals surface area contributed by atoms with E-state index in [2.05, 4.69) is 25.3 Å². The third-order valence-corrected chi connectivity index (χ3v) is 4.59. The number of hydrogen-bond donors (Lipinski definition) is 2. The highest BCUT2D eigenvalue weighted by Gasteiger charge is 2.08. The molecule has 9 heteroatoms. The van der Waals surface area contributed by atoms with E-state index in [1.807, 2.05) is 19.5 Å². The zero-order valence-corrected chi connectivity index (χ0v) is 14.7. The third kappa shape index (κ3) is 8.20. The van der Waals surface area contributed by atoms with Gasteiger partial charge in [-0.2, -0.15) is 0 Å². The maximum atomic E-state index is 11.7. The summed E-state index contributed by atoms with van der Waals surface area (Å²) in [4.78, 5) is 29.1. The first-order chi connectivity index (χ1) is 10.5. The first-order valence-electron chi connectivity index (χ1n) is 6.81. The molecule has 124 valence electrons. The summed E-state index contributed by atoms with van der Waals surface area (Å²) in [5.74, 6) is 0.868. The van der Waals surface area contributed by atoms with Crippen molar-refractivity contribution in [2.24, 2.45) is 0 Å². The van der Waals surface area contributed by atoms with E-state index in [4.69, 9.17) is 0 Å². The normalized spacial score (nSPS) is 10.5. The minimum atomic E-state index is -0.506. The Balaban J connectivity index is 2.21. The van der Waals surface area contributed by atoms with Gasteiger partial charge in [0.2, 0.25) is 5.91 Å². The molecule has 0 spiro atoms. The Morgan fingerprint density at radius 3 is 2.77 bits per heavy atom. The van der Waals surface area contributed by atoms with Gasteiger partial charge in [0, 0.05) is 30.8 Å². The van der Waals surface area contributed by atoms with Gasteiger partial charge in [0.1, 0.15) is 4.34 Å². The summed E-state index contributed by atoms with van der Waals surface area (Å²) in [6.45, 7) is 1.69. The van der Waals surface area contributed by atoms with E-state index in [0.717, 1.165) is 22.3 Å². The number of alkyl carbamates (subject to hydrolysis) is 1. The van der Waals surface area contributed by atoms with Crippen LogP contribution in [0.5, 0.6) is 0 Å². The van der Waals surface area contributed by atoms with Crippen LogP contribution >= 0.6 is 23.1 Å². The van der Waals surface area contributed by atoms with Crippen LogP contribution in [0.4, 0.5) is 4.79 Å². The molecule has 1 aromatic rings. The summed E-state index contributed by atoms with van der Waals surface area (Å²) < 4.78 is 5.41. The van der Waals surface area contributed by atoms with Crippen LogP contribution in [0, 0.1) is 0 Å². The van der Waals surface area contributed by atoms with E-state index in [-0.39, 0.29) is 12.3 Å². The second-order valence-electron chi connectivity index (χ2n) is 4.70. The number of ether oxygens (including phenoxy) is 1. The van der Waals surface area contributed by atoms with Crippen molar-refractivity contribution in [2.75, 3.05) is 46.6 Å². The second-order valence-corrected chi connectivity index (χ2v) is 6.90. The smallest absolute Gasteiger partial charge is 0.406 e. The molecule has 0 atom stereocenters. The molecular formula is C13H22N4O3S2. The SMILES string of the molecule is COC(=O)NCCNC(=O)Cc1csc(SCCN(C)C)n1. The number of amides is 2. The number of nitrogens with zero attached hydrogens (tertiary/aromatic N) is 2. The minimum Gasteiger partial charge on any atom is -0.453 e. The van der Waals surface area contributed by atoms with Crippen molar-refractivity contribution in [1.82, 2.24) is 20.5 Å². The third-order valence-electron chi connectivity index (χ3n) is 2.54. The average molecular weight is 346 g/mol. The molecule has 2 amide bonds. The summed E-state index contributed by atoms with van der Waals surface area (Å²) in [6.07, 6.45) is -0.253. The Morgan fingerprint density at radius 2 is 2.09 bits per heavy atom. The van der Waals surface area contributed by atoms with E-state index in [0.29, 0.717) is 13.1 Å². The van der Waals surface area contributed by atoms with E-state index >= 15 is 0 Å². The van der Waals surface area contributed by atoms with Crippen molar-refractivity contribution in [2.45, 2.75) is 10.8 Å². The van der Waals surface area contributed by atoms with Gasteiger partial charge < -0.3 is 20.3 Å². The van der Waals surface area contributed by atoms with Gasteiger partial charge in [-0.15, -0.1) is 11.3 Å². The predicted octanol–water partition coefficient (Wildman–Crippen LogP) is 0.811. The fourth-order valence-electron chi connectivity index (χ4n) is 1.42. The average Bonchev–Trinajstić information content (AvgIpc) is 2.90. The summed E-state index contributed by atoms with van der Waals surface area (Å²) in [7, 11) is 5.37. The quantitative estimate of drug-likeness (QED) is 0.509. The van der Waals surface area contributed by atoms with Gasteiger partial charge in [-0.1, -0.05) is 11.8 Å². The lowest BCUT2D eigenvalue weighted by molar-refractivity contribution is -0.120. The Labute approximate surface area is 138 Å².